The Labute approximate surface area is 120 Å². The van der Waals surface area contributed by atoms with Crippen LogP contribution in [0.2, 0.25) is 0 Å². The minimum Gasteiger partial charge on any atom is -0.491 e. The molecule has 0 aromatic heterocycles. The van der Waals surface area contributed by atoms with E-state index in [1.807, 2.05) is 25.1 Å². The van der Waals surface area contributed by atoms with Crippen LogP contribution in [0, 0.1) is 12.8 Å². The minimum atomic E-state index is -0.102. The van der Waals surface area contributed by atoms with E-state index in [-0.39, 0.29) is 11.9 Å². The fourth-order valence-electron chi connectivity index (χ4n) is 2.46. The molecule has 0 bridgehead atoms. The van der Waals surface area contributed by atoms with Crippen molar-refractivity contribution in [1.29, 1.82) is 0 Å². The minimum absolute atomic E-state index is 0.0280. The molecule has 1 aromatic carbocycles. The zero-order chi connectivity index (χ0) is 14.5. The van der Waals surface area contributed by atoms with Crippen molar-refractivity contribution in [1.82, 2.24) is 5.32 Å². The summed E-state index contributed by atoms with van der Waals surface area (Å²) in [5.74, 6) is 1.16. The van der Waals surface area contributed by atoms with Gasteiger partial charge in [0.15, 0.2) is 0 Å². The normalized spacial score (nSPS) is 21.8. The van der Waals surface area contributed by atoms with Crippen molar-refractivity contribution in [2.75, 3.05) is 18.5 Å². The molecule has 20 heavy (non-hydrogen) atoms. The van der Waals surface area contributed by atoms with Crippen molar-refractivity contribution >= 4 is 11.6 Å². The van der Waals surface area contributed by atoms with Crippen LogP contribution in [0.4, 0.5) is 5.69 Å². The van der Waals surface area contributed by atoms with Gasteiger partial charge in [0.25, 0.3) is 0 Å². The number of ether oxygens (including phenoxy) is 1. The smallest absolute Gasteiger partial charge is 0.241 e. The lowest BCUT2D eigenvalue weighted by Gasteiger charge is -2.18. The molecule has 1 amide bonds. The average Bonchev–Trinajstić information content (AvgIpc) is 2.85. The molecule has 2 atom stereocenters. The van der Waals surface area contributed by atoms with Gasteiger partial charge < -0.3 is 15.4 Å². The predicted octanol–water partition coefficient (Wildman–Crippen LogP) is 2.72. The van der Waals surface area contributed by atoms with Crippen LogP contribution >= 0.6 is 0 Å². The number of rotatable bonds is 5. The van der Waals surface area contributed by atoms with E-state index in [9.17, 15) is 4.79 Å². The van der Waals surface area contributed by atoms with Gasteiger partial charge in [0.2, 0.25) is 5.91 Å². The van der Waals surface area contributed by atoms with Crippen LogP contribution in [0.25, 0.3) is 0 Å². The number of anilines is 1. The number of aryl methyl sites for hydroxylation is 1. The molecular weight excluding hydrogens is 252 g/mol. The Morgan fingerprint density at radius 3 is 2.95 bits per heavy atom. The quantitative estimate of drug-likeness (QED) is 0.869. The second-order valence-corrected chi connectivity index (χ2v) is 5.54. The van der Waals surface area contributed by atoms with Gasteiger partial charge in [0.1, 0.15) is 5.75 Å². The van der Waals surface area contributed by atoms with E-state index in [1.165, 1.54) is 0 Å². The van der Waals surface area contributed by atoms with Gasteiger partial charge in [-0.25, -0.2) is 0 Å². The zero-order valence-corrected chi connectivity index (χ0v) is 12.5. The number of hydrogen-bond acceptors (Lipinski definition) is 3. The molecule has 0 aliphatic carbocycles. The molecule has 4 nitrogen and oxygen atoms in total. The van der Waals surface area contributed by atoms with E-state index in [0.717, 1.165) is 36.4 Å². The van der Waals surface area contributed by atoms with Crippen LogP contribution in [0.5, 0.6) is 5.75 Å². The van der Waals surface area contributed by atoms with Crippen LogP contribution in [-0.4, -0.2) is 25.1 Å². The maximum absolute atomic E-state index is 12.3. The lowest BCUT2D eigenvalue weighted by atomic mass is 10.0. The number of benzene rings is 1. The van der Waals surface area contributed by atoms with Crippen molar-refractivity contribution in [3.05, 3.63) is 23.8 Å². The summed E-state index contributed by atoms with van der Waals surface area (Å²) in [5, 5.41) is 6.24. The van der Waals surface area contributed by atoms with Gasteiger partial charge in [-0.2, -0.15) is 0 Å². The first-order chi connectivity index (χ1) is 9.61. The summed E-state index contributed by atoms with van der Waals surface area (Å²) in [5.41, 5.74) is 1.89. The summed E-state index contributed by atoms with van der Waals surface area (Å²) in [7, 11) is 0. The van der Waals surface area contributed by atoms with Crippen molar-refractivity contribution in [2.24, 2.45) is 5.92 Å². The number of carbonyl (C=O) groups excluding carboxylic acids is 1. The molecule has 1 aromatic rings. The first kappa shape index (κ1) is 14.9. The van der Waals surface area contributed by atoms with E-state index in [4.69, 9.17) is 4.74 Å². The maximum atomic E-state index is 12.3. The van der Waals surface area contributed by atoms with Crippen molar-refractivity contribution in [3.8, 4) is 5.75 Å². The monoisotopic (exact) mass is 276 g/mol. The van der Waals surface area contributed by atoms with Crippen LogP contribution in [0.3, 0.4) is 0 Å². The Hall–Kier alpha value is -1.55. The third kappa shape index (κ3) is 3.51. The molecule has 4 heteroatoms. The lowest BCUT2D eigenvalue weighted by Crippen LogP contribution is -2.39. The second kappa shape index (κ2) is 6.75. The van der Waals surface area contributed by atoms with Crippen LogP contribution in [0.15, 0.2) is 18.2 Å². The predicted molar refractivity (Wildman–Crippen MR) is 81.2 cm³/mol. The summed E-state index contributed by atoms with van der Waals surface area (Å²) in [6.45, 7) is 7.76. The Bertz CT molecular complexity index is 474. The molecule has 1 aliphatic heterocycles. The van der Waals surface area contributed by atoms with Crippen LogP contribution < -0.4 is 15.4 Å². The topological polar surface area (TPSA) is 50.4 Å². The Kier molecular flexibility index (Phi) is 5.01. The van der Waals surface area contributed by atoms with E-state index in [0.29, 0.717) is 12.5 Å². The first-order valence-corrected chi connectivity index (χ1v) is 7.39. The number of nitrogens with one attached hydrogen (secondary N) is 2. The van der Waals surface area contributed by atoms with Crippen LogP contribution in [0.1, 0.15) is 32.3 Å². The zero-order valence-electron chi connectivity index (χ0n) is 12.5. The Balaban J connectivity index is 2.09. The third-order valence-corrected chi connectivity index (χ3v) is 3.67. The lowest BCUT2D eigenvalue weighted by molar-refractivity contribution is -0.118. The van der Waals surface area contributed by atoms with E-state index >= 15 is 0 Å². The number of hydrogen-bond donors (Lipinski definition) is 2. The average molecular weight is 276 g/mol. The SMILES string of the molecule is CCCOc1cc(C)ccc1NC(=O)C1NCCC1C. The van der Waals surface area contributed by atoms with Crippen LogP contribution in [-0.2, 0) is 4.79 Å². The molecule has 1 heterocycles. The van der Waals surface area contributed by atoms with Gasteiger partial charge >= 0.3 is 0 Å². The summed E-state index contributed by atoms with van der Waals surface area (Å²) in [6, 6.07) is 5.77. The van der Waals surface area contributed by atoms with E-state index in [2.05, 4.69) is 24.5 Å². The molecule has 1 fully saturated rings. The number of amides is 1. The molecule has 2 unspecified atom stereocenters. The highest BCUT2D eigenvalue weighted by Crippen LogP contribution is 2.27. The summed E-state index contributed by atoms with van der Waals surface area (Å²) in [4.78, 5) is 12.3. The second-order valence-electron chi connectivity index (χ2n) is 5.54. The van der Waals surface area contributed by atoms with Crippen molar-refractivity contribution < 1.29 is 9.53 Å². The maximum Gasteiger partial charge on any atom is 0.241 e. The highest BCUT2D eigenvalue weighted by atomic mass is 16.5. The van der Waals surface area contributed by atoms with Gasteiger partial charge in [-0.3, -0.25) is 4.79 Å². The van der Waals surface area contributed by atoms with Gasteiger partial charge in [-0.1, -0.05) is 19.9 Å². The summed E-state index contributed by atoms with van der Waals surface area (Å²) >= 11 is 0. The molecule has 0 radical (unpaired) electrons. The van der Waals surface area contributed by atoms with Crippen molar-refractivity contribution in [3.63, 3.8) is 0 Å². The fourth-order valence-corrected chi connectivity index (χ4v) is 2.46. The van der Waals surface area contributed by atoms with Gasteiger partial charge in [0, 0.05) is 0 Å². The molecule has 2 N–H and O–H groups in total. The van der Waals surface area contributed by atoms with E-state index in [1.54, 1.807) is 0 Å². The molecule has 1 saturated heterocycles. The fraction of sp³-hybridized carbons (Fsp3) is 0.562. The van der Waals surface area contributed by atoms with Gasteiger partial charge in [-0.05, 0) is 49.9 Å². The molecule has 2 rings (SSSR count). The molecule has 1 aliphatic rings. The Morgan fingerprint density at radius 2 is 2.30 bits per heavy atom. The number of carbonyl (C=O) groups is 1. The molecule has 0 saturated carbocycles. The molecule has 110 valence electrons. The summed E-state index contributed by atoms with van der Waals surface area (Å²) < 4.78 is 5.72. The first-order valence-electron chi connectivity index (χ1n) is 7.39. The Morgan fingerprint density at radius 1 is 1.50 bits per heavy atom. The highest BCUT2D eigenvalue weighted by molar-refractivity contribution is 5.96. The molecular formula is C16H24N2O2. The van der Waals surface area contributed by atoms with Crippen molar-refractivity contribution in [2.45, 2.75) is 39.7 Å². The third-order valence-electron chi connectivity index (χ3n) is 3.67. The standard InChI is InChI=1S/C16H24N2O2/c1-4-9-20-14-10-11(2)5-6-13(14)18-16(19)15-12(3)7-8-17-15/h5-6,10,12,15,17H,4,7-9H2,1-3H3,(H,18,19). The highest BCUT2D eigenvalue weighted by Gasteiger charge is 2.29. The van der Waals surface area contributed by atoms with E-state index < -0.39 is 0 Å². The van der Waals surface area contributed by atoms with Gasteiger partial charge in [-0.15, -0.1) is 0 Å². The molecule has 0 spiro atoms. The van der Waals surface area contributed by atoms with Gasteiger partial charge in [0.05, 0.1) is 18.3 Å². The summed E-state index contributed by atoms with van der Waals surface area (Å²) in [6.07, 6.45) is 1.99. The largest absolute Gasteiger partial charge is 0.491 e.